The first-order valence-electron chi connectivity index (χ1n) is 5.33. The summed E-state index contributed by atoms with van der Waals surface area (Å²) < 4.78 is 31.7. The summed E-state index contributed by atoms with van der Waals surface area (Å²) in [5.74, 6) is -1.57. The van der Waals surface area contributed by atoms with Gasteiger partial charge in [-0.25, -0.2) is 0 Å². The van der Waals surface area contributed by atoms with Crippen LogP contribution >= 0.6 is 0 Å². The third-order valence-electron chi connectivity index (χ3n) is 2.43. The molecule has 100 valence electrons. The Morgan fingerprint density at radius 2 is 1.76 bits per heavy atom. The zero-order valence-corrected chi connectivity index (χ0v) is 11.4. The molecule has 0 aromatic rings. The van der Waals surface area contributed by atoms with Gasteiger partial charge in [0, 0.05) is 0 Å². The summed E-state index contributed by atoms with van der Waals surface area (Å²) in [6.07, 6.45) is 0.624. The Morgan fingerprint density at radius 1 is 1.29 bits per heavy atom. The molecule has 0 spiro atoms. The van der Waals surface area contributed by atoms with Gasteiger partial charge in [0.25, 0.3) is 5.03 Å². The number of carbonyl (C=O) groups is 1. The second kappa shape index (κ2) is 5.61. The van der Waals surface area contributed by atoms with Gasteiger partial charge in [0.2, 0.25) is 0 Å². The second-order valence-corrected chi connectivity index (χ2v) is 5.65. The molecule has 0 rings (SSSR count). The molecule has 0 aromatic heterocycles. The molecule has 0 aliphatic rings. The standard InChI is InChI=1S/C10H19NO5S/c1-5-7-11(3,4)9(17(14,15)16)8(6-2)10(12)13/h5-7H2,1-4H3,(H-,12,13,14,15,16). The topological polar surface area (TPSA) is 94.5 Å². The average Bonchev–Trinajstić information content (AvgIpc) is 2.10. The number of hydrogen-bond donors (Lipinski definition) is 1. The fourth-order valence-corrected chi connectivity index (χ4v) is 3.13. The first kappa shape index (κ1) is 16.1. The van der Waals surface area contributed by atoms with E-state index >= 15 is 0 Å². The predicted molar refractivity (Wildman–Crippen MR) is 61.1 cm³/mol. The van der Waals surface area contributed by atoms with Crippen LogP contribution in [0.5, 0.6) is 0 Å². The molecule has 0 atom stereocenters. The first-order chi connectivity index (χ1) is 7.57. The molecule has 0 amide bonds. The Bertz CT molecular complexity index is 422. The van der Waals surface area contributed by atoms with Gasteiger partial charge in [-0.15, -0.1) is 0 Å². The van der Waals surface area contributed by atoms with Gasteiger partial charge in [0.1, 0.15) is 0 Å². The SMILES string of the molecule is CCC[N+](C)(C)C(=C(CC)C(=O)[O-])S(=O)(=O)O. The van der Waals surface area contributed by atoms with E-state index < -0.39 is 21.1 Å². The molecule has 1 N–H and O–H groups in total. The lowest BCUT2D eigenvalue weighted by Crippen LogP contribution is -2.45. The van der Waals surface area contributed by atoms with Crippen molar-refractivity contribution in [3.8, 4) is 0 Å². The van der Waals surface area contributed by atoms with Gasteiger partial charge < -0.3 is 9.90 Å². The van der Waals surface area contributed by atoms with Crippen LogP contribution in [0.4, 0.5) is 0 Å². The molecule has 0 heterocycles. The van der Waals surface area contributed by atoms with Gasteiger partial charge in [0.15, 0.2) is 0 Å². The molecule has 0 unspecified atom stereocenters. The van der Waals surface area contributed by atoms with E-state index in [1.807, 2.05) is 6.92 Å². The highest BCUT2D eigenvalue weighted by Gasteiger charge is 2.35. The molecule has 0 saturated carbocycles. The van der Waals surface area contributed by atoms with Gasteiger partial charge in [-0.3, -0.25) is 9.04 Å². The smallest absolute Gasteiger partial charge is 0.345 e. The number of hydrogen-bond acceptors (Lipinski definition) is 4. The van der Waals surface area contributed by atoms with Gasteiger partial charge in [0.05, 0.1) is 32.2 Å². The maximum atomic E-state index is 11.3. The van der Waals surface area contributed by atoms with Crippen molar-refractivity contribution in [3.05, 3.63) is 10.6 Å². The molecular formula is C10H19NO5S. The summed E-state index contributed by atoms with van der Waals surface area (Å²) in [4.78, 5) is 10.9. The predicted octanol–water partition coefficient (Wildman–Crippen LogP) is -0.268. The van der Waals surface area contributed by atoms with E-state index in [-0.39, 0.29) is 16.5 Å². The molecule has 0 fully saturated rings. The quantitative estimate of drug-likeness (QED) is 0.405. The van der Waals surface area contributed by atoms with E-state index in [4.69, 9.17) is 0 Å². The van der Waals surface area contributed by atoms with E-state index in [1.165, 1.54) is 21.0 Å². The van der Waals surface area contributed by atoms with Gasteiger partial charge >= 0.3 is 10.1 Å². The zero-order chi connectivity index (χ0) is 13.9. The van der Waals surface area contributed by atoms with Crippen LogP contribution in [-0.2, 0) is 14.9 Å². The van der Waals surface area contributed by atoms with Crippen molar-refractivity contribution in [2.45, 2.75) is 26.7 Å². The maximum absolute atomic E-state index is 11.3. The van der Waals surface area contributed by atoms with E-state index in [0.29, 0.717) is 13.0 Å². The van der Waals surface area contributed by atoms with Crippen molar-refractivity contribution in [2.24, 2.45) is 0 Å². The van der Waals surface area contributed by atoms with Crippen molar-refractivity contribution in [1.82, 2.24) is 0 Å². The third-order valence-corrected chi connectivity index (χ3v) is 3.66. The molecule has 0 saturated heterocycles. The summed E-state index contributed by atoms with van der Waals surface area (Å²) in [6, 6.07) is 0. The summed E-state index contributed by atoms with van der Waals surface area (Å²) in [7, 11) is -1.50. The van der Waals surface area contributed by atoms with Gasteiger partial charge in [-0.1, -0.05) is 13.8 Å². The van der Waals surface area contributed by atoms with Crippen LogP contribution in [0.3, 0.4) is 0 Å². The number of carbonyl (C=O) groups excluding carboxylic acids is 1. The minimum Gasteiger partial charge on any atom is -0.545 e. The van der Waals surface area contributed by atoms with Crippen LogP contribution in [0, 0.1) is 0 Å². The highest BCUT2D eigenvalue weighted by atomic mass is 32.2. The van der Waals surface area contributed by atoms with E-state index in [1.54, 1.807) is 0 Å². The Morgan fingerprint density at radius 3 is 2.00 bits per heavy atom. The largest absolute Gasteiger partial charge is 0.545 e. The molecular weight excluding hydrogens is 246 g/mol. The Balaban J connectivity index is 6.02. The Labute approximate surface area is 102 Å². The third kappa shape index (κ3) is 4.10. The van der Waals surface area contributed by atoms with E-state index in [0.717, 1.165) is 0 Å². The summed E-state index contributed by atoms with van der Waals surface area (Å²) in [5.41, 5.74) is -0.383. The van der Waals surface area contributed by atoms with Crippen LogP contribution in [0.15, 0.2) is 10.6 Å². The van der Waals surface area contributed by atoms with Crippen molar-refractivity contribution in [1.29, 1.82) is 0 Å². The normalized spacial score (nSPS) is 14.4. The van der Waals surface area contributed by atoms with Crippen LogP contribution in [0.2, 0.25) is 0 Å². The number of nitrogens with zero attached hydrogens (tertiary/aromatic N) is 1. The minimum atomic E-state index is -4.57. The maximum Gasteiger partial charge on any atom is 0.345 e. The molecule has 17 heavy (non-hydrogen) atoms. The first-order valence-corrected chi connectivity index (χ1v) is 6.77. The lowest BCUT2D eigenvalue weighted by molar-refractivity contribution is -0.845. The lowest BCUT2D eigenvalue weighted by atomic mass is 10.2. The summed E-state index contributed by atoms with van der Waals surface area (Å²) >= 11 is 0. The highest BCUT2D eigenvalue weighted by Crippen LogP contribution is 2.23. The van der Waals surface area contributed by atoms with Crippen molar-refractivity contribution < 1.29 is 27.4 Å². The summed E-state index contributed by atoms with van der Waals surface area (Å²) in [6.45, 7) is 3.74. The molecule has 0 aromatic carbocycles. The number of rotatable bonds is 6. The molecule has 0 bridgehead atoms. The van der Waals surface area contributed by atoms with Gasteiger partial charge in [-0.05, 0) is 12.8 Å². The number of aliphatic carboxylic acids is 1. The fraction of sp³-hybridized carbons (Fsp3) is 0.700. The number of carboxylic acids is 1. The second-order valence-electron chi connectivity index (χ2n) is 4.31. The molecule has 0 aliphatic carbocycles. The molecule has 6 nitrogen and oxygen atoms in total. The minimum absolute atomic E-state index is 0.0249. The van der Waals surface area contributed by atoms with Crippen LogP contribution in [0.1, 0.15) is 26.7 Å². The monoisotopic (exact) mass is 265 g/mol. The molecule has 0 aliphatic heterocycles. The average molecular weight is 265 g/mol. The van der Waals surface area contributed by atoms with Crippen LogP contribution in [0.25, 0.3) is 0 Å². The zero-order valence-electron chi connectivity index (χ0n) is 10.6. The Kier molecular flexibility index (Phi) is 5.31. The molecule has 7 heteroatoms. The van der Waals surface area contributed by atoms with Crippen LogP contribution in [-0.4, -0.2) is 44.1 Å². The highest BCUT2D eigenvalue weighted by molar-refractivity contribution is 7.89. The molecule has 0 radical (unpaired) electrons. The van der Waals surface area contributed by atoms with Crippen LogP contribution < -0.4 is 5.11 Å². The van der Waals surface area contributed by atoms with Crippen molar-refractivity contribution in [3.63, 3.8) is 0 Å². The van der Waals surface area contributed by atoms with Crippen molar-refractivity contribution in [2.75, 3.05) is 20.6 Å². The number of quaternary nitrogens is 1. The van der Waals surface area contributed by atoms with Gasteiger partial charge in [-0.2, -0.15) is 8.42 Å². The lowest BCUT2D eigenvalue weighted by Gasteiger charge is -2.31. The fourth-order valence-electron chi connectivity index (χ4n) is 1.88. The van der Waals surface area contributed by atoms with Crippen molar-refractivity contribution >= 4 is 16.1 Å². The Hall–Kier alpha value is -0.920. The van der Waals surface area contributed by atoms with E-state index in [9.17, 15) is 22.9 Å². The summed E-state index contributed by atoms with van der Waals surface area (Å²) in [5, 5.41) is 10.4. The number of carboxylic acid groups (broad SMARTS) is 1. The van der Waals surface area contributed by atoms with E-state index in [2.05, 4.69) is 0 Å².